The van der Waals surface area contributed by atoms with Gasteiger partial charge in [-0.2, -0.15) is 0 Å². The molecule has 0 radical (unpaired) electrons. The van der Waals surface area contributed by atoms with Crippen molar-refractivity contribution in [2.24, 2.45) is 0 Å². The maximum atomic E-state index is 12.1. The molecule has 6 heteroatoms. The number of methoxy groups -OCH3 is 1. The number of ether oxygens (including phenoxy) is 1. The Kier molecular flexibility index (Phi) is 4.33. The highest BCUT2D eigenvalue weighted by molar-refractivity contribution is 14.1. The average Bonchev–Trinajstić information content (AvgIpc) is 2.44. The Labute approximate surface area is 129 Å². The van der Waals surface area contributed by atoms with Crippen LogP contribution in [0.4, 0.5) is 11.4 Å². The van der Waals surface area contributed by atoms with Gasteiger partial charge in [-0.25, -0.2) is 0 Å². The fraction of sp³-hybridized carbons (Fsp3) is 0.0714. The van der Waals surface area contributed by atoms with Crippen molar-refractivity contribution in [1.29, 1.82) is 0 Å². The van der Waals surface area contributed by atoms with Crippen molar-refractivity contribution in [3.05, 3.63) is 45.5 Å². The number of halogens is 1. The molecule has 0 aliphatic heterocycles. The normalized spacial score (nSPS) is 10.1. The molecule has 1 amide bonds. The standard InChI is InChI=1S/C14H13IN2O3/c1-20-9-3-5-11(16)12(7-9)17-14(19)8-2-4-10(15)13(18)6-8/h2-7,18H,16H2,1H3,(H,17,19). The van der Waals surface area contributed by atoms with Crippen molar-refractivity contribution in [3.8, 4) is 11.5 Å². The van der Waals surface area contributed by atoms with E-state index in [9.17, 15) is 9.90 Å². The number of benzene rings is 2. The third-order valence-electron chi connectivity index (χ3n) is 2.72. The van der Waals surface area contributed by atoms with Crippen LogP contribution >= 0.6 is 22.6 Å². The first kappa shape index (κ1) is 14.4. The summed E-state index contributed by atoms with van der Waals surface area (Å²) in [4.78, 5) is 12.1. The number of phenols is 1. The molecule has 0 fully saturated rings. The monoisotopic (exact) mass is 384 g/mol. The molecule has 2 aromatic carbocycles. The van der Waals surface area contributed by atoms with Crippen LogP contribution in [0.3, 0.4) is 0 Å². The highest BCUT2D eigenvalue weighted by Crippen LogP contribution is 2.26. The number of rotatable bonds is 3. The predicted octanol–water partition coefficient (Wildman–Crippen LogP) is 2.84. The number of aromatic hydroxyl groups is 1. The fourth-order valence-corrected chi connectivity index (χ4v) is 1.95. The molecule has 2 rings (SSSR count). The lowest BCUT2D eigenvalue weighted by molar-refractivity contribution is 0.102. The minimum Gasteiger partial charge on any atom is -0.507 e. The summed E-state index contributed by atoms with van der Waals surface area (Å²) < 4.78 is 5.76. The van der Waals surface area contributed by atoms with Gasteiger partial charge < -0.3 is 20.9 Å². The molecule has 0 unspecified atom stereocenters. The fourth-order valence-electron chi connectivity index (χ4n) is 1.62. The summed E-state index contributed by atoms with van der Waals surface area (Å²) in [5.41, 5.74) is 7.06. The summed E-state index contributed by atoms with van der Waals surface area (Å²) in [5, 5.41) is 12.3. The van der Waals surface area contributed by atoms with E-state index in [1.54, 1.807) is 30.3 Å². The van der Waals surface area contributed by atoms with E-state index in [-0.39, 0.29) is 11.7 Å². The van der Waals surface area contributed by atoms with E-state index in [0.717, 1.165) is 0 Å². The number of carbonyl (C=O) groups excluding carboxylic acids is 1. The van der Waals surface area contributed by atoms with Crippen LogP contribution in [0.1, 0.15) is 10.4 Å². The Bertz CT molecular complexity index is 659. The van der Waals surface area contributed by atoms with Crippen molar-refractivity contribution in [2.45, 2.75) is 0 Å². The Morgan fingerprint density at radius 3 is 2.70 bits per heavy atom. The molecule has 0 saturated heterocycles. The number of nitrogen functional groups attached to an aromatic ring is 1. The first-order valence-corrected chi connectivity index (χ1v) is 6.82. The summed E-state index contributed by atoms with van der Waals surface area (Å²) in [5.74, 6) is 0.313. The van der Waals surface area contributed by atoms with Gasteiger partial charge in [0.15, 0.2) is 0 Å². The zero-order chi connectivity index (χ0) is 14.7. The van der Waals surface area contributed by atoms with Crippen LogP contribution in [0.25, 0.3) is 0 Å². The lowest BCUT2D eigenvalue weighted by Crippen LogP contribution is -2.13. The van der Waals surface area contributed by atoms with Crippen molar-refractivity contribution in [3.63, 3.8) is 0 Å². The largest absolute Gasteiger partial charge is 0.507 e. The molecule has 0 aliphatic carbocycles. The second-order valence-corrected chi connectivity index (χ2v) is 5.24. The molecule has 0 heterocycles. The van der Waals surface area contributed by atoms with Gasteiger partial charge in [0.05, 0.1) is 22.1 Å². The van der Waals surface area contributed by atoms with Gasteiger partial charge in [0.1, 0.15) is 11.5 Å². The predicted molar refractivity (Wildman–Crippen MR) is 86.2 cm³/mol. The molecular weight excluding hydrogens is 371 g/mol. The van der Waals surface area contributed by atoms with Crippen molar-refractivity contribution >= 4 is 39.9 Å². The van der Waals surface area contributed by atoms with Crippen LogP contribution in [0.2, 0.25) is 0 Å². The Balaban J connectivity index is 2.25. The third kappa shape index (κ3) is 3.13. The van der Waals surface area contributed by atoms with Gasteiger partial charge >= 0.3 is 0 Å². The molecule has 0 spiro atoms. The van der Waals surface area contributed by atoms with Crippen LogP contribution < -0.4 is 15.8 Å². The summed E-state index contributed by atoms with van der Waals surface area (Å²) in [6.45, 7) is 0. The molecule has 0 atom stereocenters. The quantitative estimate of drug-likeness (QED) is 0.561. The van der Waals surface area contributed by atoms with Gasteiger partial charge in [0, 0.05) is 11.6 Å². The smallest absolute Gasteiger partial charge is 0.255 e. The molecule has 5 nitrogen and oxygen atoms in total. The highest BCUT2D eigenvalue weighted by Gasteiger charge is 2.11. The number of hydrogen-bond acceptors (Lipinski definition) is 4. The molecule has 0 aromatic heterocycles. The zero-order valence-corrected chi connectivity index (χ0v) is 12.8. The highest BCUT2D eigenvalue weighted by atomic mass is 127. The van der Waals surface area contributed by atoms with Gasteiger partial charge in [-0.3, -0.25) is 4.79 Å². The van der Waals surface area contributed by atoms with E-state index in [1.165, 1.54) is 13.2 Å². The molecule has 0 aliphatic rings. The second-order valence-electron chi connectivity index (χ2n) is 4.07. The number of anilines is 2. The number of hydrogen-bond donors (Lipinski definition) is 3. The summed E-state index contributed by atoms with van der Waals surface area (Å²) >= 11 is 1.98. The number of carbonyl (C=O) groups is 1. The zero-order valence-electron chi connectivity index (χ0n) is 10.7. The van der Waals surface area contributed by atoms with Crippen LogP contribution in [-0.4, -0.2) is 18.1 Å². The molecule has 20 heavy (non-hydrogen) atoms. The molecule has 4 N–H and O–H groups in total. The van der Waals surface area contributed by atoms with Crippen LogP contribution in [0.15, 0.2) is 36.4 Å². The van der Waals surface area contributed by atoms with E-state index in [4.69, 9.17) is 10.5 Å². The molecule has 2 aromatic rings. The maximum Gasteiger partial charge on any atom is 0.255 e. The van der Waals surface area contributed by atoms with Crippen molar-refractivity contribution < 1.29 is 14.6 Å². The third-order valence-corrected chi connectivity index (χ3v) is 3.63. The number of nitrogens with one attached hydrogen (secondary N) is 1. The van der Waals surface area contributed by atoms with E-state index in [1.807, 2.05) is 22.6 Å². The van der Waals surface area contributed by atoms with E-state index in [0.29, 0.717) is 26.3 Å². The molecule has 0 saturated carbocycles. The lowest BCUT2D eigenvalue weighted by Gasteiger charge is -2.10. The molecular formula is C14H13IN2O3. The van der Waals surface area contributed by atoms with Gasteiger partial charge in [-0.05, 0) is 52.9 Å². The number of amides is 1. The SMILES string of the molecule is COc1ccc(N)c(NC(=O)c2ccc(I)c(O)c2)c1. The second kappa shape index (κ2) is 6.00. The number of nitrogens with two attached hydrogens (primary N) is 1. The lowest BCUT2D eigenvalue weighted by atomic mass is 10.2. The minimum absolute atomic E-state index is 0.0665. The van der Waals surface area contributed by atoms with E-state index < -0.39 is 0 Å². The van der Waals surface area contributed by atoms with E-state index >= 15 is 0 Å². The summed E-state index contributed by atoms with van der Waals surface area (Å²) in [7, 11) is 1.54. The average molecular weight is 384 g/mol. The Hall–Kier alpha value is -1.96. The summed E-state index contributed by atoms with van der Waals surface area (Å²) in [6, 6.07) is 9.71. The minimum atomic E-state index is -0.350. The van der Waals surface area contributed by atoms with Crippen LogP contribution in [-0.2, 0) is 0 Å². The van der Waals surface area contributed by atoms with Crippen molar-refractivity contribution in [2.75, 3.05) is 18.2 Å². The molecule has 104 valence electrons. The Morgan fingerprint density at radius 1 is 1.30 bits per heavy atom. The summed E-state index contributed by atoms with van der Waals surface area (Å²) in [6.07, 6.45) is 0. The van der Waals surface area contributed by atoms with Crippen LogP contribution in [0.5, 0.6) is 11.5 Å². The van der Waals surface area contributed by atoms with Gasteiger partial charge in [-0.15, -0.1) is 0 Å². The van der Waals surface area contributed by atoms with Gasteiger partial charge in [0.25, 0.3) is 5.91 Å². The van der Waals surface area contributed by atoms with Crippen molar-refractivity contribution in [1.82, 2.24) is 0 Å². The van der Waals surface area contributed by atoms with Gasteiger partial charge in [0.2, 0.25) is 0 Å². The first-order chi connectivity index (χ1) is 9.51. The Morgan fingerprint density at radius 2 is 2.05 bits per heavy atom. The topological polar surface area (TPSA) is 84.6 Å². The molecule has 0 bridgehead atoms. The van der Waals surface area contributed by atoms with Gasteiger partial charge in [-0.1, -0.05) is 0 Å². The number of phenolic OH excluding ortho intramolecular Hbond substituents is 1. The van der Waals surface area contributed by atoms with E-state index in [2.05, 4.69) is 5.32 Å². The first-order valence-electron chi connectivity index (χ1n) is 5.74. The van der Waals surface area contributed by atoms with Crippen LogP contribution in [0, 0.1) is 3.57 Å². The maximum absolute atomic E-state index is 12.1.